The molecule has 3 nitrogen and oxygen atoms in total. The molecule has 2 heterocycles. The van der Waals surface area contributed by atoms with Crippen LogP contribution in [0.5, 0.6) is 0 Å². The summed E-state index contributed by atoms with van der Waals surface area (Å²) in [4.78, 5) is 9.41. The summed E-state index contributed by atoms with van der Waals surface area (Å²) in [5.74, 6) is 1.02. The Morgan fingerprint density at radius 3 is 2.46 bits per heavy atom. The maximum absolute atomic E-state index is 4.85. The van der Waals surface area contributed by atoms with Gasteiger partial charge in [-0.15, -0.1) is 0 Å². The van der Waals surface area contributed by atoms with Gasteiger partial charge in [0.05, 0.1) is 0 Å². The number of benzene rings is 2. The Labute approximate surface area is 141 Å². The number of aryl methyl sites for hydroxylation is 2. The number of hydrogen-bond acceptors (Lipinski definition) is 2. The fourth-order valence-corrected chi connectivity index (χ4v) is 3.02. The van der Waals surface area contributed by atoms with E-state index in [1.54, 1.807) is 0 Å². The fourth-order valence-electron chi connectivity index (χ4n) is 3.02. The molecule has 0 fully saturated rings. The van der Waals surface area contributed by atoms with E-state index in [0.29, 0.717) is 0 Å². The van der Waals surface area contributed by atoms with E-state index in [9.17, 15) is 0 Å². The van der Waals surface area contributed by atoms with E-state index in [1.807, 2.05) is 18.3 Å². The molecule has 0 N–H and O–H groups in total. The molecule has 0 atom stereocenters. The zero-order valence-corrected chi connectivity index (χ0v) is 13.9. The molecule has 4 aromatic rings. The predicted molar refractivity (Wildman–Crippen MR) is 97.6 cm³/mol. The number of fused-ring (bicyclic) bond motifs is 1. The third kappa shape index (κ3) is 2.58. The molecular formula is C21H19N3. The average Bonchev–Trinajstić information content (AvgIpc) is 2.96. The Kier molecular flexibility index (Phi) is 3.62. The average molecular weight is 313 g/mol. The minimum absolute atomic E-state index is 0.789. The molecule has 3 heteroatoms. The van der Waals surface area contributed by atoms with Crippen molar-refractivity contribution in [3.05, 3.63) is 89.4 Å². The fraction of sp³-hybridized carbons (Fsp3) is 0.143. The number of rotatable bonds is 3. The van der Waals surface area contributed by atoms with Gasteiger partial charge >= 0.3 is 0 Å². The van der Waals surface area contributed by atoms with Gasteiger partial charge in [-0.05, 0) is 49.2 Å². The zero-order chi connectivity index (χ0) is 16.5. The van der Waals surface area contributed by atoms with Crippen LogP contribution in [0.15, 0.2) is 66.9 Å². The van der Waals surface area contributed by atoms with Crippen LogP contribution >= 0.6 is 0 Å². The molecule has 0 unspecified atom stereocenters. The van der Waals surface area contributed by atoms with Crippen LogP contribution < -0.4 is 0 Å². The molecule has 2 aromatic heterocycles. The molecule has 0 aliphatic rings. The molecule has 0 radical (unpaired) electrons. The summed E-state index contributed by atoms with van der Waals surface area (Å²) in [6, 6.07) is 20.9. The summed E-state index contributed by atoms with van der Waals surface area (Å²) in [6.07, 6.45) is 2.61. The first-order valence-electron chi connectivity index (χ1n) is 8.16. The molecular weight excluding hydrogens is 294 g/mol. The van der Waals surface area contributed by atoms with Crippen molar-refractivity contribution in [2.45, 2.75) is 20.3 Å². The number of nitrogens with zero attached hydrogens (tertiary/aromatic N) is 3. The largest absolute Gasteiger partial charge is 0.280 e. The van der Waals surface area contributed by atoms with E-state index in [4.69, 9.17) is 4.98 Å². The van der Waals surface area contributed by atoms with Crippen molar-refractivity contribution < 1.29 is 0 Å². The summed E-state index contributed by atoms with van der Waals surface area (Å²) in [7, 11) is 0. The lowest BCUT2D eigenvalue weighted by atomic mass is 10.1. The van der Waals surface area contributed by atoms with Crippen LogP contribution in [-0.4, -0.2) is 14.5 Å². The molecule has 24 heavy (non-hydrogen) atoms. The van der Waals surface area contributed by atoms with Gasteiger partial charge in [-0.3, -0.25) is 4.57 Å². The third-order valence-electron chi connectivity index (χ3n) is 4.39. The zero-order valence-electron chi connectivity index (χ0n) is 13.9. The van der Waals surface area contributed by atoms with Crippen LogP contribution in [0.25, 0.3) is 16.9 Å². The smallest absolute Gasteiger partial charge is 0.164 e. The monoisotopic (exact) mass is 313 g/mol. The highest BCUT2D eigenvalue weighted by atomic mass is 15.1. The van der Waals surface area contributed by atoms with Crippen LogP contribution in [0, 0.1) is 13.8 Å². The number of aromatic nitrogens is 3. The van der Waals surface area contributed by atoms with Gasteiger partial charge < -0.3 is 0 Å². The highest BCUT2D eigenvalue weighted by Gasteiger charge is 2.14. The van der Waals surface area contributed by atoms with Gasteiger partial charge in [0.2, 0.25) is 0 Å². The van der Waals surface area contributed by atoms with Gasteiger partial charge in [0, 0.05) is 18.3 Å². The quantitative estimate of drug-likeness (QED) is 0.552. The van der Waals surface area contributed by atoms with Crippen LogP contribution in [0.2, 0.25) is 0 Å². The van der Waals surface area contributed by atoms with Crippen molar-refractivity contribution in [2.24, 2.45) is 0 Å². The highest BCUT2D eigenvalue weighted by Crippen LogP contribution is 2.23. The molecule has 4 rings (SSSR count). The Bertz CT molecular complexity index is 997. The molecule has 0 amide bonds. The van der Waals surface area contributed by atoms with Crippen LogP contribution in [0.3, 0.4) is 0 Å². The normalized spacial score (nSPS) is 11.1. The Morgan fingerprint density at radius 1 is 0.875 bits per heavy atom. The van der Waals surface area contributed by atoms with Crippen molar-refractivity contribution in [3.8, 4) is 5.69 Å². The van der Waals surface area contributed by atoms with Gasteiger partial charge in [0.25, 0.3) is 0 Å². The summed E-state index contributed by atoms with van der Waals surface area (Å²) < 4.78 is 2.17. The predicted octanol–water partition coefficient (Wildman–Crippen LogP) is 4.63. The third-order valence-corrected chi connectivity index (χ3v) is 4.39. The van der Waals surface area contributed by atoms with E-state index in [0.717, 1.165) is 29.1 Å². The molecule has 2 aromatic carbocycles. The standard InChI is InChI=1S/C21H19N3/c1-15-9-11-18(12-10-15)24-20(14-17-7-4-3-6-16(17)2)23-19-8-5-13-22-21(19)24/h3-13H,14H2,1-2H3. The van der Waals surface area contributed by atoms with E-state index >= 15 is 0 Å². The topological polar surface area (TPSA) is 30.7 Å². The number of imidazole rings is 1. The molecule has 0 saturated carbocycles. The lowest BCUT2D eigenvalue weighted by molar-refractivity contribution is 0.919. The summed E-state index contributed by atoms with van der Waals surface area (Å²) >= 11 is 0. The van der Waals surface area contributed by atoms with Crippen molar-refractivity contribution in [3.63, 3.8) is 0 Å². The Hall–Kier alpha value is -2.94. The van der Waals surface area contributed by atoms with Gasteiger partial charge in [-0.2, -0.15) is 0 Å². The Morgan fingerprint density at radius 2 is 1.67 bits per heavy atom. The van der Waals surface area contributed by atoms with Gasteiger partial charge in [0.15, 0.2) is 5.65 Å². The minimum atomic E-state index is 0.789. The summed E-state index contributed by atoms with van der Waals surface area (Å²) in [5.41, 5.74) is 6.77. The second-order valence-corrected chi connectivity index (χ2v) is 6.15. The Balaban J connectivity index is 1.90. The van der Waals surface area contributed by atoms with E-state index in [-0.39, 0.29) is 0 Å². The lowest BCUT2D eigenvalue weighted by Crippen LogP contribution is -2.04. The van der Waals surface area contributed by atoms with E-state index < -0.39 is 0 Å². The van der Waals surface area contributed by atoms with E-state index in [1.165, 1.54) is 16.7 Å². The molecule has 0 bridgehead atoms. The molecule has 0 aliphatic carbocycles. The van der Waals surface area contributed by atoms with Crippen LogP contribution in [0.1, 0.15) is 22.5 Å². The maximum Gasteiger partial charge on any atom is 0.164 e. The number of pyridine rings is 1. The van der Waals surface area contributed by atoms with Crippen molar-refractivity contribution in [1.82, 2.24) is 14.5 Å². The second-order valence-electron chi connectivity index (χ2n) is 6.15. The van der Waals surface area contributed by atoms with Crippen molar-refractivity contribution in [2.75, 3.05) is 0 Å². The van der Waals surface area contributed by atoms with Crippen molar-refractivity contribution >= 4 is 11.2 Å². The SMILES string of the molecule is Cc1ccc(-n2c(Cc3ccccc3C)nc3cccnc32)cc1. The summed E-state index contributed by atoms with van der Waals surface area (Å²) in [5, 5.41) is 0. The van der Waals surface area contributed by atoms with E-state index in [2.05, 4.69) is 71.9 Å². The van der Waals surface area contributed by atoms with Crippen LogP contribution in [-0.2, 0) is 6.42 Å². The molecule has 0 aliphatic heterocycles. The first kappa shape index (κ1) is 14.6. The maximum atomic E-state index is 4.85. The van der Waals surface area contributed by atoms with Crippen LogP contribution in [0.4, 0.5) is 0 Å². The number of hydrogen-bond donors (Lipinski definition) is 0. The molecule has 0 saturated heterocycles. The van der Waals surface area contributed by atoms with Gasteiger partial charge in [0.1, 0.15) is 11.3 Å². The second kappa shape index (κ2) is 5.93. The highest BCUT2D eigenvalue weighted by molar-refractivity contribution is 5.74. The lowest BCUT2D eigenvalue weighted by Gasteiger charge is -2.10. The molecule has 0 spiro atoms. The minimum Gasteiger partial charge on any atom is -0.280 e. The molecule has 118 valence electrons. The summed E-state index contributed by atoms with van der Waals surface area (Å²) in [6.45, 7) is 4.24. The van der Waals surface area contributed by atoms with Gasteiger partial charge in [-0.25, -0.2) is 9.97 Å². The van der Waals surface area contributed by atoms with Crippen molar-refractivity contribution in [1.29, 1.82) is 0 Å². The van der Waals surface area contributed by atoms with Gasteiger partial charge in [-0.1, -0.05) is 42.0 Å². The first-order chi connectivity index (χ1) is 11.7. The first-order valence-corrected chi connectivity index (χ1v) is 8.16.